The quantitative estimate of drug-likeness (QED) is 0.0766. The highest BCUT2D eigenvalue weighted by molar-refractivity contribution is 4.89. The number of rotatable bonds is 26. The molecule has 4 saturated heterocycles. The van der Waals surface area contributed by atoms with Crippen LogP contribution in [0.25, 0.3) is 0 Å². The van der Waals surface area contributed by atoms with E-state index < -0.39 is 5.92 Å². The lowest BCUT2D eigenvalue weighted by atomic mass is 10.1. The molecule has 640 valence electrons. The molecule has 4 heterocycles. The number of hydrogen-bond acceptors (Lipinski definition) is 18. The van der Waals surface area contributed by atoms with Gasteiger partial charge in [0.05, 0.1) is 97.1 Å². The van der Waals surface area contributed by atoms with Crippen molar-refractivity contribution in [3.63, 3.8) is 0 Å². The highest BCUT2D eigenvalue weighted by atomic mass is 19.3. The van der Waals surface area contributed by atoms with Crippen LogP contribution >= 0.6 is 0 Å². The minimum Gasteiger partial charge on any atom is -0.376 e. The van der Waals surface area contributed by atoms with Gasteiger partial charge in [0.25, 0.3) is 5.92 Å². The van der Waals surface area contributed by atoms with Gasteiger partial charge in [-0.1, -0.05) is 13.8 Å². The lowest BCUT2D eigenvalue weighted by molar-refractivity contribution is -0.0587. The van der Waals surface area contributed by atoms with E-state index in [4.69, 9.17) is 37.9 Å². The van der Waals surface area contributed by atoms with Gasteiger partial charge in [0.2, 0.25) is 0 Å². The van der Waals surface area contributed by atoms with Crippen molar-refractivity contribution < 1.29 is 46.7 Å². The van der Waals surface area contributed by atoms with Gasteiger partial charge in [0.15, 0.2) is 0 Å². The van der Waals surface area contributed by atoms with Gasteiger partial charge in [-0.05, 0) is 370 Å². The third kappa shape index (κ3) is 82.4. The Bertz CT molecular complexity index is 1910. The van der Waals surface area contributed by atoms with Crippen molar-refractivity contribution in [3.8, 4) is 0 Å². The van der Waals surface area contributed by atoms with Crippen LogP contribution in [-0.4, -0.2) is 352 Å². The first kappa shape index (κ1) is 113. The van der Waals surface area contributed by atoms with Crippen molar-refractivity contribution in [1.29, 1.82) is 0 Å². The van der Waals surface area contributed by atoms with Crippen LogP contribution in [0.3, 0.4) is 0 Å². The minimum absolute atomic E-state index is 0.00710. The molecule has 0 aromatic heterocycles. The number of alkyl halides is 2. The van der Waals surface area contributed by atoms with E-state index in [1.807, 2.05) is 34.9 Å². The summed E-state index contributed by atoms with van der Waals surface area (Å²) in [6.07, 6.45) is 9.22. The van der Waals surface area contributed by atoms with E-state index in [1.165, 1.54) is 58.2 Å². The van der Waals surface area contributed by atoms with Gasteiger partial charge >= 0.3 is 0 Å². The van der Waals surface area contributed by atoms with Crippen LogP contribution in [0.2, 0.25) is 0 Å². The van der Waals surface area contributed by atoms with E-state index in [0.29, 0.717) is 36.4 Å². The Morgan fingerprint density at radius 3 is 0.914 bits per heavy atom. The lowest BCUT2D eigenvalue weighted by Crippen LogP contribution is -2.41. The molecule has 2 unspecified atom stereocenters. The van der Waals surface area contributed by atoms with Gasteiger partial charge in [0.1, 0.15) is 0 Å². The van der Waals surface area contributed by atoms with Gasteiger partial charge < -0.3 is 82.0 Å². The lowest BCUT2D eigenvalue weighted by Gasteiger charge is -2.32. The molecule has 4 fully saturated rings. The van der Waals surface area contributed by atoms with Crippen molar-refractivity contribution in [3.05, 3.63) is 0 Å². The molecular weight excluding hydrogens is 1330 g/mol. The summed E-state index contributed by atoms with van der Waals surface area (Å²) in [7, 11) is 27.0. The summed E-state index contributed by atoms with van der Waals surface area (Å²) < 4.78 is 71.0. The van der Waals surface area contributed by atoms with Crippen molar-refractivity contribution >= 4 is 0 Å². The number of likely N-dealkylation sites (N-methyl/N-ethyl adjacent to an activating group) is 9. The molecule has 0 spiro atoms. The molecule has 0 N–H and O–H groups in total. The van der Waals surface area contributed by atoms with Crippen LogP contribution < -0.4 is 0 Å². The van der Waals surface area contributed by atoms with E-state index in [1.54, 1.807) is 11.9 Å². The molecule has 0 amide bonds. The Kier molecular flexibility index (Phi) is 59.7. The zero-order valence-corrected chi connectivity index (χ0v) is 78.5. The summed E-state index contributed by atoms with van der Waals surface area (Å²) in [6, 6.07) is 1.82. The third-order valence-electron chi connectivity index (χ3n) is 16.9. The van der Waals surface area contributed by atoms with Gasteiger partial charge in [0, 0.05) is 75.5 Å². The topological polar surface area (TPSA) is 106 Å². The number of nitrogens with zero attached hydrogens (tertiary/aromatic N) is 10. The Labute approximate surface area is 654 Å². The van der Waals surface area contributed by atoms with Crippen LogP contribution in [0, 0.1) is 0 Å². The number of halogens is 2. The number of likely N-dealkylation sites (tertiary alicyclic amines) is 4. The summed E-state index contributed by atoms with van der Waals surface area (Å²) in [6.45, 7) is 80.7. The molecule has 4 aliphatic heterocycles. The van der Waals surface area contributed by atoms with Crippen LogP contribution in [0.5, 0.6) is 0 Å². The summed E-state index contributed by atoms with van der Waals surface area (Å²) in [5.41, 5.74) is 0.121. The summed E-state index contributed by atoms with van der Waals surface area (Å²) in [5, 5.41) is 0. The van der Waals surface area contributed by atoms with Crippen LogP contribution in [-0.2, 0) is 37.9 Å². The normalized spacial score (nSPS) is 19.8. The third-order valence-corrected chi connectivity index (χ3v) is 16.9. The van der Waals surface area contributed by atoms with Crippen molar-refractivity contribution in [2.45, 2.75) is 346 Å². The largest absolute Gasteiger partial charge is 0.376 e. The maximum atomic E-state index is 13.0. The standard InChI is InChI=1S/C10H19F2NO.3C10H21NO.C10H23NO.C9H22N2.2C9H21NO.C8H19NO/c1-9(2,3)14-6-8-5-10(11,12)7-13(8)4;3*1-10(2,3)12-8-9-6-5-7-11(9)4;1-6-11(7-2)8-9-12-10(3,4)5;1-9(2,3)11(6)8-7-10(4)5;1-8(7-10(5)6)11-9(2,3)4;1-9(2,3)11-8-6-7-10(4)5;1-8(2,3)10-7-6-9(4)5/h8H,5-7H2,1-4H3;3*9H,5-8H2,1-4H3;6-9H2,1-5H3;7-8H2,1-6H3;8H,7H2,1-6H3;6-8H2,1-5H3;6-7H2,1-5H3/t8-;2*9-;;;;;;/m010....../s1. The number of hydrogen-bond donors (Lipinski definition) is 0. The van der Waals surface area contributed by atoms with Crippen molar-refractivity contribution in [1.82, 2.24) is 49.0 Å². The smallest absolute Gasteiger partial charge is 0.262 e. The fourth-order valence-corrected chi connectivity index (χ4v) is 10.4. The Morgan fingerprint density at radius 1 is 0.371 bits per heavy atom. The fourth-order valence-electron chi connectivity index (χ4n) is 10.4. The van der Waals surface area contributed by atoms with E-state index in [9.17, 15) is 8.78 Å². The predicted octanol–water partition coefficient (Wildman–Crippen LogP) is 16.1. The second kappa shape index (κ2) is 55.6. The SMILES string of the molecule is CC(CN(C)C)OC(C)(C)C.CCN(CC)CCOC(C)(C)C.CN(C)CCCOC(C)(C)C.CN(C)CCN(C)C(C)(C)C.CN(C)CCOC(C)(C)C.CN1CC(F)(F)C[C@H]1COC(C)(C)C.CN1CCCC1COC(C)(C)C.CN1CCC[C@@H]1COC(C)(C)C.CN1CCC[C@H]1COC(C)(C)C. The molecule has 4 rings (SSSR count). The van der Waals surface area contributed by atoms with Gasteiger partial charge in [-0.15, -0.1) is 0 Å². The van der Waals surface area contributed by atoms with E-state index in [-0.39, 0.29) is 63.8 Å². The monoisotopic (exact) mass is 1520 g/mol. The summed E-state index contributed by atoms with van der Waals surface area (Å²) >= 11 is 0. The van der Waals surface area contributed by atoms with Gasteiger partial charge in [-0.2, -0.15) is 0 Å². The first-order valence-electron chi connectivity index (χ1n) is 40.5. The Hall–Kier alpha value is -0.860. The molecule has 18 nitrogen and oxygen atoms in total. The highest BCUT2D eigenvalue weighted by Crippen LogP contribution is 2.31. The molecule has 105 heavy (non-hydrogen) atoms. The Morgan fingerprint density at radius 2 is 0.676 bits per heavy atom. The molecule has 0 aromatic carbocycles. The van der Waals surface area contributed by atoms with Crippen LogP contribution in [0.15, 0.2) is 0 Å². The first-order valence-corrected chi connectivity index (χ1v) is 40.5. The van der Waals surface area contributed by atoms with Crippen molar-refractivity contribution in [2.75, 3.05) is 216 Å². The summed E-state index contributed by atoms with van der Waals surface area (Å²) in [5.74, 6) is -2.54. The second-order valence-electron chi connectivity index (χ2n) is 39.7. The molecule has 4 aliphatic rings. The maximum Gasteiger partial charge on any atom is 0.262 e. The maximum absolute atomic E-state index is 13.0. The Balaban J connectivity index is -0.000000358. The predicted molar refractivity (Wildman–Crippen MR) is 452 cm³/mol. The zero-order valence-electron chi connectivity index (χ0n) is 78.5. The van der Waals surface area contributed by atoms with Gasteiger partial charge in [-0.25, -0.2) is 8.78 Å². The first-order chi connectivity index (χ1) is 47.1. The van der Waals surface area contributed by atoms with E-state index in [0.717, 1.165) is 98.4 Å². The average molecular weight is 1520 g/mol. The average Bonchev–Trinajstić information content (AvgIpc) is 1.70. The molecule has 0 saturated carbocycles. The van der Waals surface area contributed by atoms with Gasteiger partial charge in [-0.3, -0.25) is 4.90 Å². The summed E-state index contributed by atoms with van der Waals surface area (Å²) in [4.78, 5) is 22.2. The molecule has 5 atom stereocenters. The molecule has 0 aromatic rings. The van der Waals surface area contributed by atoms with E-state index >= 15 is 0 Å². The van der Waals surface area contributed by atoms with Crippen LogP contribution in [0.1, 0.15) is 259 Å². The zero-order chi connectivity index (χ0) is 83.4. The number of ether oxygens (including phenoxy) is 8. The molecule has 0 bridgehead atoms. The van der Waals surface area contributed by atoms with Crippen molar-refractivity contribution in [2.24, 2.45) is 0 Å². The second-order valence-corrected chi connectivity index (χ2v) is 39.7. The fraction of sp³-hybridized carbons (Fsp3) is 1.00. The highest BCUT2D eigenvalue weighted by Gasteiger charge is 2.43. The van der Waals surface area contributed by atoms with Crippen LogP contribution in [0.4, 0.5) is 8.78 Å². The van der Waals surface area contributed by atoms with E-state index in [2.05, 4.69) is 302 Å². The molecule has 0 radical (unpaired) electrons. The molecule has 0 aliphatic carbocycles. The molecular formula is C85H188F2N10O8. The minimum atomic E-state index is -2.54. The molecule has 20 heteroatoms.